The lowest BCUT2D eigenvalue weighted by atomic mass is 9.33. The number of rotatable bonds is 4. The summed E-state index contributed by atoms with van der Waals surface area (Å²) in [6.45, 7) is 17.1. The third-order valence-electron chi connectivity index (χ3n) is 14.5. The summed E-state index contributed by atoms with van der Waals surface area (Å²) in [5, 5.41) is 19.4. The summed E-state index contributed by atoms with van der Waals surface area (Å²) in [4.78, 5) is 25.7. The zero-order valence-corrected chi connectivity index (χ0v) is 28.0. The fourth-order valence-electron chi connectivity index (χ4n) is 11.7. The van der Waals surface area contributed by atoms with Crippen LogP contribution in [-0.2, 0) is 14.3 Å². The van der Waals surface area contributed by atoms with Gasteiger partial charge in [-0.2, -0.15) is 0 Å². The maximum absolute atomic E-state index is 13.0. The average Bonchev–Trinajstić information content (AvgIpc) is 2.95. The third kappa shape index (κ3) is 4.53. The number of ether oxygens (including phenoxy) is 1. The Hall–Kier alpha value is -2.56. The highest BCUT2D eigenvalue weighted by Gasteiger charge is 2.68. The number of esters is 1. The number of allylic oxidation sites excluding steroid dienone is 2. The van der Waals surface area contributed by atoms with Crippen molar-refractivity contribution in [1.29, 1.82) is 0 Å². The van der Waals surface area contributed by atoms with Crippen LogP contribution in [0.3, 0.4) is 0 Å². The van der Waals surface area contributed by atoms with Gasteiger partial charge < -0.3 is 19.7 Å². The lowest BCUT2D eigenvalue weighted by Gasteiger charge is -2.71. The van der Waals surface area contributed by atoms with E-state index in [1.54, 1.807) is 17.7 Å². The average molecular weight is 603 g/mol. The molecule has 5 aliphatic carbocycles. The molecular weight excluding hydrogens is 548 g/mol. The van der Waals surface area contributed by atoms with E-state index in [0.717, 1.165) is 57.8 Å². The Morgan fingerprint density at radius 1 is 0.886 bits per heavy atom. The molecule has 0 unspecified atom stereocenters. The first kappa shape index (κ1) is 31.4. The van der Waals surface area contributed by atoms with Gasteiger partial charge in [-0.3, -0.25) is 0 Å². The predicted molar refractivity (Wildman–Crippen MR) is 174 cm³/mol. The predicted octanol–water partition coefficient (Wildman–Crippen LogP) is 9.02. The molecule has 44 heavy (non-hydrogen) atoms. The number of benzene rings is 1. The topological polar surface area (TPSA) is 83.8 Å². The van der Waals surface area contributed by atoms with Gasteiger partial charge in [-0.05, 0) is 127 Å². The van der Waals surface area contributed by atoms with Crippen LogP contribution in [0.25, 0.3) is 6.08 Å². The van der Waals surface area contributed by atoms with E-state index in [1.165, 1.54) is 30.9 Å². The first-order valence-electron chi connectivity index (χ1n) is 17.1. The van der Waals surface area contributed by atoms with Crippen LogP contribution in [0.15, 0.2) is 35.9 Å². The second-order valence-corrected chi connectivity index (χ2v) is 17.4. The van der Waals surface area contributed by atoms with E-state index in [-0.39, 0.29) is 56.1 Å². The fourth-order valence-corrected chi connectivity index (χ4v) is 11.7. The second kappa shape index (κ2) is 10.2. The molecule has 240 valence electrons. The summed E-state index contributed by atoms with van der Waals surface area (Å²) in [6, 6.07) is 4.49. The standard InChI is InChI=1S/C39H54O5/c1-34(2)18-20-39(24-40)21-19-37(6)26(27(39)23-34)10-12-31-36(5)16-15-32(35(3,4)30(36)14-17-38(31,37)7)44-33(43)13-9-25-8-11-28(41)29(42)22-25/h8-11,13,22,24,27,30-32,41-42H,12,14-21,23H2,1-7H3/b13-9-/t27-,30-,31+,32-,36-,37+,38+,39+/m0/s1. The second-order valence-electron chi connectivity index (χ2n) is 17.4. The molecule has 0 heterocycles. The zero-order valence-electron chi connectivity index (χ0n) is 28.0. The maximum atomic E-state index is 13.0. The van der Waals surface area contributed by atoms with Crippen molar-refractivity contribution in [3.8, 4) is 11.5 Å². The first-order chi connectivity index (χ1) is 20.5. The van der Waals surface area contributed by atoms with Crippen LogP contribution >= 0.6 is 0 Å². The SMILES string of the molecule is CC1(C)CC[C@]2(C=O)CC[C@]3(C)C(=CC[C@@H]4[C@@]5(C)CC[C@H](OC(=O)/C=C\c6ccc(O)c(O)c6)C(C)(C)[C@@H]5CC[C@]43C)[C@@H]2C1. The summed E-state index contributed by atoms with van der Waals surface area (Å²) in [5.41, 5.74) is 2.61. The van der Waals surface area contributed by atoms with Gasteiger partial charge in [0, 0.05) is 16.9 Å². The molecule has 5 heteroatoms. The fraction of sp³-hybridized carbons (Fsp3) is 0.692. The van der Waals surface area contributed by atoms with E-state index in [4.69, 9.17) is 4.74 Å². The number of aromatic hydroxyl groups is 2. The molecular formula is C39H54O5. The van der Waals surface area contributed by atoms with Gasteiger partial charge in [0.2, 0.25) is 0 Å². The summed E-state index contributed by atoms with van der Waals surface area (Å²) in [6.07, 6.45) is 17.6. The van der Waals surface area contributed by atoms with Crippen LogP contribution in [0.5, 0.6) is 11.5 Å². The molecule has 0 spiro atoms. The highest BCUT2D eigenvalue weighted by molar-refractivity contribution is 5.87. The molecule has 0 saturated heterocycles. The number of hydrogen-bond donors (Lipinski definition) is 2. The van der Waals surface area contributed by atoms with Crippen molar-refractivity contribution in [3.63, 3.8) is 0 Å². The number of aldehydes is 1. The Kier molecular flexibility index (Phi) is 7.30. The quantitative estimate of drug-likeness (QED) is 0.118. The summed E-state index contributed by atoms with van der Waals surface area (Å²) in [7, 11) is 0. The van der Waals surface area contributed by atoms with E-state index in [0.29, 0.717) is 23.3 Å². The Balaban J connectivity index is 1.24. The van der Waals surface area contributed by atoms with Crippen molar-refractivity contribution in [3.05, 3.63) is 41.5 Å². The van der Waals surface area contributed by atoms with Crippen LogP contribution < -0.4 is 0 Å². The van der Waals surface area contributed by atoms with Gasteiger partial charge in [-0.25, -0.2) is 4.79 Å². The highest BCUT2D eigenvalue weighted by Crippen LogP contribution is 2.75. The van der Waals surface area contributed by atoms with E-state index >= 15 is 0 Å². The minimum Gasteiger partial charge on any atom is -0.504 e. The van der Waals surface area contributed by atoms with Gasteiger partial charge in [0.05, 0.1) is 0 Å². The molecule has 4 saturated carbocycles. The molecule has 2 N–H and O–H groups in total. The van der Waals surface area contributed by atoms with Crippen molar-refractivity contribution in [2.45, 2.75) is 119 Å². The normalized spacial score (nSPS) is 42.2. The molecule has 8 atom stereocenters. The molecule has 6 rings (SSSR count). The van der Waals surface area contributed by atoms with Crippen molar-refractivity contribution in [2.24, 2.45) is 50.2 Å². The van der Waals surface area contributed by atoms with Gasteiger partial charge in [0.15, 0.2) is 11.5 Å². The van der Waals surface area contributed by atoms with Gasteiger partial charge in [-0.15, -0.1) is 0 Å². The minimum atomic E-state index is -0.367. The molecule has 0 radical (unpaired) electrons. The summed E-state index contributed by atoms with van der Waals surface area (Å²) < 4.78 is 6.16. The van der Waals surface area contributed by atoms with Gasteiger partial charge >= 0.3 is 5.97 Å². The van der Waals surface area contributed by atoms with Crippen LogP contribution in [0.1, 0.15) is 118 Å². The Labute approximate surface area is 264 Å². The molecule has 5 nitrogen and oxygen atoms in total. The zero-order chi connectivity index (χ0) is 31.9. The monoisotopic (exact) mass is 602 g/mol. The molecule has 1 aromatic rings. The molecule has 0 amide bonds. The number of carbonyl (C=O) groups excluding carboxylic acids is 2. The molecule has 5 aliphatic rings. The number of phenolic OH excluding ortho intramolecular Hbond substituents is 2. The smallest absolute Gasteiger partial charge is 0.331 e. The van der Waals surface area contributed by atoms with Crippen molar-refractivity contribution >= 4 is 18.3 Å². The molecule has 1 aromatic carbocycles. The molecule has 0 aromatic heterocycles. The number of fused-ring (bicyclic) bond motifs is 7. The van der Waals surface area contributed by atoms with Gasteiger partial charge in [-0.1, -0.05) is 66.2 Å². The summed E-state index contributed by atoms with van der Waals surface area (Å²) in [5.74, 6) is 0.609. The van der Waals surface area contributed by atoms with Crippen LogP contribution in [0.4, 0.5) is 0 Å². The van der Waals surface area contributed by atoms with Crippen molar-refractivity contribution in [1.82, 2.24) is 0 Å². The number of phenols is 2. The van der Waals surface area contributed by atoms with Gasteiger partial charge in [0.1, 0.15) is 12.4 Å². The third-order valence-corrected chi connectivity index (χ3v) is 14.5. The largest absolute Gasteiger partial charge is 0.504 e. The summed E-state index contributed by atoms with van der Waals surface area (Å²) >= 11 is 0. The minimum absolute atomic E-state index is 0.107. The van der Waals surface area contributed by atoms with Crippen LogP contribution in [0, 0.1) is 50.2 Å². The van der Waals surface area contributed by atoms with Crippen molar-refractivity contribution < 1.29 is 24.5 Å². The lowest BCUT2D eigenvalue weighted by molar-refractivity contribution is -0.210. The van der Waals surface area contributed by atoms with Gasteiger partial charge in [0.25, 0.3) is 0 Å². The lowest BCUT2D eigenvalue weighted by Crippen LogP contribution is -2.65. The van der Waals surface area contributed by atoms with Crippen LogP contribution in [0.2, 0.25) is 0 Å². The molecule has 0 aliphatic heterocycles. The maximum Gasteiger partial charge on any atom is 0.331 e. The van der Waals surface area contributed by atoms with E-state index < -0.39 is 0 Å². The van der Waals surface area contributed by atoms with Crippen molar-refractivity contribution in [2.75, 3.05) is 0 Å². The Bertz CT molecular complexity index is 1400. The highest BCUT2D eigenvalue weighted by atomic mass is 16.5. The molecule has 4 fully saturated rings. The number of hydrogen-bond acceptors (Lipinski definition) is 5. The Morgan fingerprint density at radius 2 is 1.61 bits per heavy atom. The Morgan fingerprint density at radius 3 is 2.32 bits per heavy atom. The van der Waals surface area contributed by atoms with E-state index in [1.807, 2.05) is 0 Å². The van der Waals surface area contributed by atoms with E-state index in [9.17, 15) is 19.8 Å². The van der Waals surface area contributed by atoms with E-state index in [2.05, 4.69) is 54.5 Å². The first-order valence-corrected chi connectivity index (χ1v) is 17.1. The number of carbonyl (C=O) groups is 2. The molecule has 0 bridgehead atoms. The van der Waals surface area contributed by atoms with Crippen LogP contribution in [-0.4, -0.2) is 28.6 Å².